The summed E-state index contributed by atoms with van der Waals surface area (Å²) in [5, 5.41) is 9.65. The maximum absolute atomic E-state index is 9.65. The van der Waals surface area contributed by atoms with Crippen LogP contribution in [0.4, 0.5) is 0 Å². The molecule has 102 valence electrons. The smallest absolute Gasteiger partial charge is 0.0499 e. The van der Waals surface area contributed by atoms with Gasteiger partial charge in [0.1, 0.15) is 0 Å². The molecule has 1 fully saturated rings. The zero-order valence-electron chi connectivity index (χ0n) is 12.0. The monoisotopic (exact) mass is 259 g/mol. The molecule has 0 aromatic heterocycles. The second-order valence-electron chi connectivity index (χ2n) is 6.00. The summed E-state index contributed by atoms with van der Waals surface area (Å²) in [5.41, 5.74) is 0.124. The summed E-state index contributed by atoms with van der Waals surface area (Å²) in [6, 6.07) is 0. The van der Waals surface area contributed by atoms with Gasteiger partial charge in [0.2, 0.25) is 0 Å². The van der Waals surface area contributed by atoms with Crippen LogP contribution in [0.25, 0.3) is 0 Å². The molecule has 0 amide bonds. The minimum Gasteiger partial charge on any atom is -0.396 e. The predicted octanol–water partition coefficient (Wildman–Crippen LogP) is 3.00. The lowest BCUT2D eigenvalue weighted by atomic mass is 9.82. The van der Waals surface area contributed by atoms with Crippen LogP contribution in [0.15, 0.2) is 0 Å². The fraction of sp³-hybridized carbons (Fsp3) is 1.00. The molecule has 0 aromatic carbocycles. The number of thioether (sulfide) groups is 1. The number of aliphatic hydroxyl groups is 1. The van der Waals surface area contributed by atoms with E-state index in [2.05, 4.69) is 44.4 Å². The molecule has 1 aliphatic rings. The maximum atomic E-state index is 9.65. The van der Waals surface area contributed by atoms with E-state index in [9.17, 15) is 5.11 Å². The minimum atomic E-state index is 0.124. The van der Waals surface area contributed by atoms with E-state index in [1.54, 1.807) is 0 Å². The summed E-state index contributed by atoms with van der Waals surface area (Å²) in [6.07, 6.45) is 3.41. The van der Waals surface area contributed by atoms with Crippen LogP contribution in [-0.4, -0.2) is 46.7 Å². The highest BCUT2D eigenvalue weighted by molar-refractivity contribution is 8.00. The van der Waals surface area contributed by atoms with Crippen LogP contribution in [0.5, 0.6) is 0 Å². The minimum absolute atomic E-state index is 0.124. The molecule has 0 spiro atoms. The van der Waals surface area contributed by atoms with Crippen molar-refractivity contribution in [2.24, 2.45) is 5.41 Å². The summed E-state index contributed by atoms with van der Waals surface area (Å²) in [4.78, 5) is 2.56. The van der Waals surface area contributed by atoms with E-state index in [-0.39, 0.29) is 5.41 Å². The molecule has 1 rings (SSSR count). The Labute approximate surface area is 111 Å². The van der Waals surface area contributed by atoms with Gasteiger partial charge in [-0.2, -0.15) is 11.8 Å². The van der Waals surface area contributed by atoms with E-state index in [0.29, 0.717) is 11.4 Å². The highest BCUT2D eigenvalue weighted by atomic mass is 32.2. The van der Waals surface area contributed by atoms with Crippen LogP contribution in [0.1, 0.15) is 47.0 Å². The van der Waals surface area contributed by atoms with Gasteiger partial charge in [0.05, 0.1) is 0 Å². The average Bonchev–Trinajstić information content (AvgIpc) is 2.48. The SMILES string of the molecule is CCC(CC)(CO)CN1CCSC(C)(C)CC1. The lowest BCUT2D eigenvalue weighted by molar-refractivity contribution is 0.0677. The van der Waals surface area contributed by atoms with Gasteiger partial charge in [-0.25, -0.2) is 0 Å². The molecular weight excluding hydrogens is 230 g/mol. The molecule has 0 aliphatic carbocycles. The zero-order valence-corrected chi connectivity index (χ0v) is 12.8. The van der Waals surface area contributed by atoms with Crippen LogP contribution in [0.3, 0.4) is 0 Å². The quantitative estimate of drug-likeness (QED) is 0.821. The molecular formula is C14H29NOS. The Kier molecular flexibility index (Phi) is 5.81. The van der Waals surface area contributed by atoms with Gasteiger partial charge >= 0.3 is 0 Å². The first-order valence-corrected chi connectivity index (χ1v) is 7.93. The first-order valence-electron chi connectivity index (χ1n) is 6.94. The van der Waals surface area contributed by atoms with Gasteiger partial charge in [-0.3, -0.25) is 0 Å². The zero-order chi connectivity index (χ0) is 12.9. The molecule has 3 heteroatoms. The van der Waals surface area contributed by atoms with E-state index in [1.807, 2.05) is 0 Å². The van der Waals surface area contributed by atoms with E-state index < -0.39 is 0 Å². The highest BCUT2D eigenvalue weighted by Crippen LogP contribution is 2.33. The Hall–Kier alpha value is 0.270. The van der Waals surface area contributed by atoms with Gasteiger partial charge < -0.3 is 10.0 Å². The van der Waals surface area contributed by atoms with Crippen molar-refractivity contribution in [3.05, 3.63) is 0 Å². The summed E-state index contributed by atoms with van der Waals surface area (Å²) in [6.45, 7) is 12.9. The van der Waals surface area contributed by atoms with E-state index in [0.717, 1.165) is 19.4 Å². The molecule has 0 aromatic rings. The van der Waals surface area contributed by atoms with E-state index >= 15 is 0 Å². The Morgan fingerprint density at radius 3 is 2.41 bits per heavy atom. The fourth-order valence-corrected chi connectivity index (χ4v) is 3.58. The third-order valence-electron chi connectivity index (χ3n) is 4.32. The molecule has 1 heterocycles. The first kappa shape index (κ1) is 15.3. The van der Waals surface area contributed by atoms with Gasteiger partial charge in [0.25, 0.3) is 0 Å². The van der Waals surface area contributed by atoms with Crippen LogP contribution in [-0.2, 0) is 0 Å². The van der Waals surface area contributed by atoms with E-state index in [4.69, 9.17) is 0 Å². The molecule has 0 radical (unpaired) electrons. The lowest BCUT2D eigenvalue weighted by Gasteiger charge is -2.35. The number of hydrogen-bond acceptors (Lipinski definition) is 3. The van der Waals surface area contributed by atoms with Gasteiger partial charge in [0, 0.05) is 35.6 Å². The maximum Gasteiger partial charge on any atom is 0.0499 e. The first-order chi connectivity index (χ1) is 7.97. The Morgan fingerprint density at radius 2 is 1.88 bits per heavy atom. The topological polar surface area (TPSA) is 23.5 Å². The molecule has 0 unspecified atom stereocenters. The van der Waals surface area contributed by atoms with Crippen molar-refractivity contribution in [2.45, 2.75) is 51.7 Å². The Balaban J connectivity index is 2.56. The average molecular weight is 259 g/mol. The number of aliphatic hydroxyl groups excluding tert-OH is 1. The van der Waals surface area contributed by atoms with Gasteiger partial charge in [-0.15, -0.1) is 0 Å². The summed E-state index contributed by atoms with van der Waals surface area (Å²) in [7, 11) is 0. The third kappa shape index (κ3) is 4.46. The highest BCUT2D eigenvalue weighted by Gasteiger charge is 2.30. The third-order valence-corrected chi connectivity index (χ3v) is 5.70. The van der Waals surface area contributed by atoms with Gasteiger partial charge in [-0.1, -0.05) is 27.7 Å². The number of rotatable bonds is 5. The number of hydrogen-bond donors (Lipinski definition) is 1. The second-order valence-corrected chi connectivity index (χ2v) is 7.80. The van der Waals surface area contributed by atoms with Crippen molar-refractivity contribution in [1.82, 2.24) is 4.90 Å². The van der Waals surface area contributed by atoms with E-state index in [1.165, 1.54) is 25.3 Å². The van der Waals surface area contributed by atoms with Crippen LogP contribution in [0, 0.1) is 5.41 Å². The van der Waals surface area contributed by atoms with Gasteiger partial charge in [0.15, 0.2) is 0 Å². The van der Waals surface area contributed by atoms with Crippen LogP contribution in [0.2, 0.25) is 0 Å². The fourth-order valence-electron chi connectivity index (χ4n) is 2.44. The second kappa shape index (κ2) is 6.44. The normalized spacial score (nSPS) is 22.4. The molecule has 17 heavy (non-hydrogen) atoms. The molecule has 0 saturated carbocycles. The molecule has 0 atom stereocenters. The molecule has 0 bridgehead atoms. The summed E-state index contributed by atoms with van der Waals surface area (Å²) in [5.74, 6) is 1.22. The van der Waals surface area contributed by atoms with Crippen LogP contribution >= 0.6 is 11.8 Å². The molecule has 2 nitrogen and oxygen atoms in total. The molecule has 1 N–H and O–H groups in total. The Bertz CT molecular complexity index is 218. The summed E-state index contributed by atoms with van der Waals surface area (Å²) < 4.78 is 0.426. The predicted molar refractivity (Wildman–Crippen MR) is 77.7 cm³/mol. The number of nitrogens with zero attached hydrogens (tertiary/aromatic N) is 1. The summed E-state index contributed by atoms with van der Waals surface area (Å²) >= 11 is 2.09. The molecule has 1 aliphatic heterocycles. The van der Waals surface area contributed by atoms with Crippen molar-refractivity contribution >= 4 is 11.8 Å². The van der Waals surface area contributed by atoms with Crippen molar-refractivity contribution in [2.75, 3.05) is 32.0 Å². The van der Waals surface area contributed by atoms with Crippen molar-refractivity contribution in [3.8, 4) is 0 Å². The Morgan fingerprint density at radius 1 is 1.24 bits per heavy atom. The van der Waals surface area contributed by atoms with Crippen LogP contribution < -0.4 is 0 Å². The van der Waals surface area contributed by atoms with Crippen molar-refractivity contribution < 1.29 is 5.11 Å². The van der Waals surface area contributed by atoms with Gasteiger partial charge in [-0.05, 0) is 25.8 Å². The lowest BCUT2D eigenvalue weighted by Crippen LogP contribution is -2.41. The standard InChI is InChI=1S/C14H29NOS/c1-5-14(6-2,12-16)11-15-8-7-13(3,4)17-10-9-15/h16H,5-12H2,1-4H3. The molecule has 1 saturated heterocycles. The van der Waals surface area contributed by atoms with Crippen molar-refractivity contribution in [1.29, 1.82) is 0 Å². The van der Waals surface area contributed by atoms with Crippen molar-refractivity contribution in [3.63, 3.8) is 0 Å². The largest absolute Gasteiger partial charge is 0.396 e.